The Hall–Kier alpha value is -3.43. The number of nitrogens with one attached hydrogen (secondary N) is 3. The molecule has 0 spiro atoms. The molecule has 0 fully saturated rings. The zero-order valence-corrected chi connectivity index (χ0v) is 20.5. The molecule has 0 aliphatic rings. The normalized spacial score (nSPS) is 13.2. The van der Waals surface area contributed by atoms with Crippen molar-refractivity contribution in [1.29, 1.82) is 0 Å². The van der Waals surface area contributed by atoms with E-state index >= 15 is 0 Å². The van der Waals surface area contributed by atoms with Gasteiger partial charge in [0.1, 0.15) is 25.0 Å². The third-order valence-electron chi connectivity index (χ3n) is 4.94. The SMILES string of the molecule is CC(C)C[C@H](NC(=O)[C@H](C)NC(=O)OCc1ccccc1)C(=O)N[C@H](C=O)CCC(=O)N(C)C. The second-order valence-electron chi connectivity index (χ2n) is 8.70. The molecule has 1 aromatic carbocycles. The largest absolute Gasteiger partial charge is 0.445 e. The Labute approximate surface area is 200 Å². The van der Waals surface area contributed by atoms with Gasteiger partial charge in [0.05, 0.1) is 6.04 Å². The van der Waals surface area contributed by atoms with E-state index in [4.69, 9.17) is 4.74 Å². The number of aldehydes is 1. The van der Waals surface area contributed by atoms with Crippen LogP contribution in [-0.2, 0) is 30.5 Å². The average Bonchev–Trinajstić information content (AvgIpc) is 2.79. The van der Waals surface area contributed by atoms with Gasteiger partial charge in [-0.05, 0) is 31.2 Å². The Morgan fingerprint density at radius 1 is 0.971 bits per heavy atom. The van der Waals surface area contributed by atoms with Crippen LogP contribution in [0, 0.1) is 5.92 Å². The molecule has 0 saturated carbocycles. The molecule has 0 aliphatic heterocycles. The second-order valence-corrected chi connectivity index (χ2v) is 8.70. The van der Waals surface area contributed by atoms with E-state index < -0.39 is 36.0 Å². The summed E-state index contributed by atoms with van der Waals surface area (Å²) in [6.07, 6.45) is 0.388. The van der Waals surface area contributed by atoms with Crippen molar-refractivity contribution in [3.8, 4) is 0 Å². The molecule has 0 aromatic heterocycles. The first kappa shape index (κ1) is 28.6. The molecule has 188 valence electrons. The fourth-order valence-electron chi connectivity index (χ4n) is 2.97. The molecule has 3 atom stereocenters. The number of alkyl carbamates (subject to hydrolysis) is 1. The molecule has 3 N–H and O–H groups in total. The van der Waals surface area contributed by atoms with Crippen LogP contribution in [0.25, 0.3) is 0 Å². The van der Waals surface area contributed by atoms with Crippen LogP contribution >= 0.6 is 0 Å². The van der Waals surface area contributed by atoms with Gasteiger partial charge in [0, 0.05) is 20.5 Å². The number of amides is 4. The lowest BCUT2D eigenvalue weighted by Crippen LogP contribution is -2.54. The number of ether oxygens (including phenoxy) is 1. The topological polar surface area (TPSA) is 134 Å². The first-order chi connectivity index (χ1) is 16.0. The van der Waals surface area contributed by atoms with E-state index in [2.05, 4.69) is 16.0 Å². The minimum absolute atomic E-state index is 0.0583. The van der Waals surface area contributed by atoms with E-state index in [0.717, 1.165) is 5.56 Å². The van der Waals surface area contributed by atoms with Gasteiger partial charge in [0.15, 0.2) is 0 Å². The number of benzene rings is 1. The van der Waals surface area contributed by atoms with E-state index in [-0.39, 0.29) is 31.3 Å². The standard InChI is InChI=1S/C24H36N4O6/c1-16(2)13-20(23(32)26-19(14-29)11-12-21(30)28(4)5)27-22(31)17(3)25-24(33)34-15-18-9-7-6-8-10-18/h6-10,14,16-17,19-20H,11-13,15H2,1-5H3,(H,25,33)(H,26,32)(H,27,31)/t17-,19-,20-/m0/s1. The van der Waals surface area contributed by atoms with Gasteiger partial charge in [0.25, 0.3) is 0 Å². The molecule has 1 rings (SSSR count). The lowest BCUT2D eigenvalue weighted by molar-refractivity contribution is -0.131. The van der Waals surface area contributed by atoms with Crippen molar-refractivity contribution in [3.63, 3.8) is 0 Å². The van der Waals surface area contributed by atoms with Crippen molar-refractivity contribution >= 4 is 30.1 Å². The van der Waals surface area contributed by atoms with Gasteiger partial charge in [-0.2, -0.15) is 0 Å². The third kappa shape index (κ3) is 10.9. The maximum atomic E-state index is 12.8. The summed E-state index contributed by atoms with van der Waals surface area (Å²) < 4.78 is 5.12. The number of carbonyl (C=O) groups is 5. The molecular formula is C24H36N4O6. The molecule has 0 saturated heterocycles. The summed E-state index contributed by atoms with van der Waals surface area (Å²) in [4.78, 5) is 62.0. The molecule has 0 aliphatic carbocycles. The predicted molar refractivity (Wildman–Crippen MR) is 127 cm³/mol. The molecule has 0 unspecified atom stereocenters. The highest BCUT2D eigenvalue weighted by atomic mass is 16.5. The molecule has 10 nitrogen and oxygen atoms in total. The molecule has 34 heavy (non-hydrogen) atoms. The first-order valence-corrected chi connectivity index (χ1v) is 11.3. The Morgan fingerprint density at radius 2 is 1.62 bits per heavy atom. The van der Waals surface area contributed by atoms with Crippen molar-refractivity contribution in [2.24, 2.45) is 5.92 Å². The average molecular weight is 477 g/mol. The maximum absolute atomic E-state index is 12.8. The van der Waals surface area contributed by atoms with Gasteiger partial charge < -0.3 is 30.4 Å². The van der Waals surface area contributed by atoms with Gasteiger partial charge in [0.2, 0.25) is 17.7 Å². The van der Waals surface area contributed by atoms with E-state index in [1.165, 1.54) is 11.8 Å². The van der Waals surface area contributed by atoms with Gasteiger partial charge >= 0.3 is 6.09 Å². The van der Waals surface area contributed by atoms with E-state index in [1.807, 2.05) is 44.2 Å². The summed E-state index contributed by atoms with van der Waals surface area (Å²) in [6.45, 7) is 5.32. The fraction of sp³-hybridized carbons (Fsp3) is 0.542. The minimum Gasteiger partial charge on any atom is -0.445 e. The molecule has 0 bridgehead atoms. The van der Waals surface area contributed by atoms with Crippen LogP contribution < -0.4 is 16.0 Å². The molecule has 1 aromatic rings. The van der Waals surface area contributed by atoms with Crippen LogP contribution in [-0.4, -0.2) is 67.2 Å². The Kier molecular flexibility index (Phi) is 12.3. The summed E-state index contributed by atoms with van der Waals surface area (Å²) in [5.74, 6) is -1.19. The van der Waals surface area contributed by atoms with E-state index in [0.29, 0.717) is 12.7 Å². The third-order valence-corrected chi connectivity index (χ3v) is 4.94. The quantitative estimate of drug-likeness (QED) is 0.368. The first-order valence-electron chi connectivity index (χ1n) is 11.3. The summed E-state index contributed by atoms with van der Waals surface area (Å²) in [7, 11) is 3.22. The highest BCUT2D eigenvalue weighted by molar-refractivity contribution is 5.92. The van der Waals surface area contributed by atoms with Crippen molar-refractivity contribution in [2.75, 3.05) is 14.1 Å². The Balaban J connectivity index is 2.64. The smallest absolute Gasteiger partial charge is 0.408 e. The fourth-order valence-corrected chi connectivity index (χ4v) is 2.97. The lowest BCUT2D eigenvalue weighted by Gasteiger charge is -2.24. The van der Waals surface area contributed by atoms with Crippen molar-refractivity contribution in [2.45, 2.75) is 64.8 Å². The highest BCUT2D eigenvalue weighted by Crippen LogP contribution is 2.07. The van der Waals surface area contributed by atoms with E-state index in [1.54, 1.807) is 14.1 Å². The lowest BCUT2D eigenvalue weighted by atomic mass is 10.0. The molecule has 4 amide bonds. The van der Waals surface area contributed by atoms with Gasteiger partial charge in [-0.3, -0.25) is 14.4 Å². The number of hydrogen-bond acceptors (Lipinski definition) is 6. The molecule has 10 heteroatoms. The van der Waals surface area contributed by atoms with Crippen molar-refractivity contribution in [1.82, 2.24) is 20.9 Å². The van der Waals surface area contributed by atoms with Crippen LogP contribution in [0.4, 0.5) is 4.79 Å². The van der Waals surface area contributed by atoms with Crippen LogP contribution in [0.5, 0.6) is 0 Å². The van der Waals surface area contributed by atoms with Gasteiger partial charge in [-0.15, -0.1) is 0 Å². The number of hydrogen-bond donors (Lipinski definition) is 3. The number of carbonyl (C=O) groups excluding carboxylic acids is 5. The summed E-state index contributed by atoms with van der Waals surface area (Å²) in [5, 5.41) is 7.65. The minimum atomic E-state index is -0.953. The maximum Gasteiger partial charge on any atom is 0.408 e. The summed E-state index contributed by atoms with van der Waals surface area (Å²) >= 11 is 0. The predicted octanol–water partition coefficient (Wildman–Crippen LogP) is 1.38. The highest BCUT2D eigenvalue weighted by Gasteiger charge is 2.27. The zero-order chi connectivity index (χ0) is 25.7. The number of nitrogens with zero attached hydrogens (tertiary/aromatic N) is 1. The van der Waals surface area contributed by atoms with Crippen LogP contribution in [0.1, 0.15) is 45.6 Å². The molecule has 0 radical (unpaired) electrons. The second kappa shape index (κ2) is 14.7. The van der Waals surface area contributed by atoms with Gasteiger partial charge in [-0.25, -0.2) is 4.79 Å². The Bertz CT molecular complexity index is 828. The number of rotatable bonds is 13. The van der Waals surface area contributed by atoms with Crippen molar-refractivity contribution < 1.29 is 28.7 Å². The zero-order valence-electron chi connectivity index (χ0n) is 20.5. The van der Waals surface area contributed by atoms with Gasteiger partial charge in [-0.1, -0.05) is 44.2 Å². The summed E-state index contributed by atoms with van der Waals surface area (Å²) in [6, 6.07) is 6.38. The summed E-state index contributed by atoms with van der Waals surface area (Å²) in [5.41, 5.74) is 0.806. The molecule has 0 heterocycles. The van der Waals surface area contributed by atoms with Crippen LogP contribution in [0.15, 0.2) is 30.3 Å². The van der Waals surface area contributed by atoms with E-state index in [9.17, 15) is 24.0 Å². The Morgan fingerprint density at radius 3 is 2.18 bits per heavy atom. The molecular weight excluding hydrogens is 440 g/mol. The van der Waals surface area contributed by atoms with Crippen LogP contribution in [0.3, 0.4) is 0 Å². The monoisotopic (exact) mass is 476 g/mol. The van der Waals surface area contributed by atoms with Crippen molar-refractivity contribution in [3.05, 3.63) is 35.9 Å². The van der Waals surface area contributed by atoms with Crippen LogP contribution in [0.2, 0.25) is 0 Å².